The Bertz CT molecular complexity index is 764. The van der Waals surface area contributed by atoms with Crippen LogP contribution in [0.25, 0.3) is 0 Å². The van der Waals surface area contributed by atoms with E-state index in [0.29, 0.717) is 17.8 Å². The zero-order valence-electron chi connectivity index (χ0n) is 30.3. The maximum atomic E-state index is 6.92. The minimum atomic E-state index is -2.97. The highest BCUT2D eigenvalue weighted by Gasteiger charge is 2.45. The molecule has 0 fully saturated rings. The second-order valence-corrected chi connectivity index (χ2v) is 17.2. The van der Waals surface area contributed by atoms with Gasteiger partial charge >= 0.3 is 8.80 Å². The van der Waals surface area contributed by atoms with Crippen molar-refractivity contribution in [2.24, 2.45) is 17.8 Å². The Morgan fingerprint density at radius 2 is 0.727 bits per heavy atom. The summed E-state index contributed by atoms with van der Waals surface area (Å²) in [6.45, 7) is 20.0. The zero-order chi connectivity index (χ0) is 33.1. The smallest absolute Gasteiger partial charge is 0.371 e. The molecule has 0 aromatic heterocycles. The molecule has 3 unspecified atom stereocenters. The summed E-state index contributed by atoms with van der Waals surface area (Å²) < 4.78 is 20.8. The van der Waals surface area contributed by atoms with Crippen molar-refractivity contribution in [1.29, 1.82) is 0 Å². The van der Waals surface area contributed by atoms with E-state index in [1.807, 2.05) is 0 Å². The van der Waals surface area contributed by atoms with Gasteiger partial charge in [-0.05, 0) is 89.9 Å². The summed E-state index contributed by atoms with van der Waals surface area (Å²) in [7, 11) is -2.97. The largest absolute Gasteiger partial charge is 0.501 e. The molecule has 254 valence electrons. The SMILES string of the molecule is CC(C)CCC#CCCC(C)O[Si](CCCCCCBr)(OC(C)CCC#CCCC(C)C)OC(C)CCC#CCCC(C)C. The number of halogens is 1. The van der Waals surface area contributed by atoms with Gasteiger partial charge in [-0.1, -0.05) is 70.3 Å². The lowest BCUT2D eigenvalue weighted by molar-refractivity contribution is -0.0131. The van der Waals surface area contributed by atoms with E-state index in [4.69, 9.17) is 13.3 Å². The predicted octanol–water partition coefficient (Wildman–Crippen LogP) is 11.8. The Hall–Kier alpha value is -0.743. The first-order valence-corrected chi connectivity index (χ1v) is 21.0. The highest BCUT2D eigenvalue weighted by atomic mass is 79.9. The van der Waals surface area contributed by atoms with Crippen LogP contribution in [0.3, 0.4) is 0 Å². The van der Waals surface area contributed by atoms with Crippen LogP contribution in [-0.4, -0.2) is 32.4 Å². The fraction of sp³-hybridized carbons (Fsp3) is 0.846. The molecule has 0 radical (unpaired) electrons. The number of alkyl halides is 1. The number of rotatable bonds is 24. The van der Waals surface area contributed by atoms with Gasteiger partial charge in [0.1, 0.15) is 0 Å². The molecular weight excluding hydrogens is 624 g/mol. The standard InChI is InChI=1S/C39H69BrO3Si/c1-34(2)26-18-10-13-21-29-37(7)41-44(33-25-17-16-24-32-40,42-38(8)30-22-14-11-19-27-35(3)4)43-39(9)31-23-15-12-20-28-36(5)6/h34-39H,16-33H2,1-9H3. The Labute approximate surface area is 285 Å². The van der Waals surface area contributed by atoms with Crippen molar-refractivity contribution >= 4 is 24.7 Å². The van der Waals surface area contributed by atoms with Crippen LogP contribution < -0.4 is 0 Å². The van der Waals surface area contributed by atoms with Gasteiger partial charge in [-0.15, -0.1) is 35.5 Å². The second-order valence-electron chi connectivity index (χ2n) is 13.8. The maximum absolute atomic E-state index is 6.92. The molecule has 3 atom stereocenters. The third-order valence-electron chi connectivity index (χ3n) is 7.45. The van der Waals surface area contributed by atoms with Gasteiger partial charge in [0.05, 0.1) is 0 Å². The molecule has 0 aliphatic carbocycles. The molecule has 0 amide bonds. The van der Waals surface area contributed by atoms with Crippen LogP contribution in [0.15, 0.2) is 0 Å². The number of hydrogen-bond acceptors (Lipinski definition) is 3. The van der Waals surface area contributed by atoms with Crippen LogP contribution >= 0.6 is 15.9 Å². The highest BCUT2D eigenvalue weighted by Crippen LogP contribution is 2.28. The summed E-state index contributed by atoms with van der Waals surface area (Å²) >= 11 is 3.58. The first kappa shape index (κ1) is 43.3. The van der Waals surface area contributed by atoms with E-state index in [0.717, 1.165) is 101 Å². The van der Waals surface area contributed by atoms with Crippen LogP contribution in [0.2, 0.25) is 6.04 Å². The summed E-state index contributed by atoms with van der Waals surface area (Å²) in [5.41, 5.74) is 0. The number of hydrogen-bond donors (Lipinski definition) is 0. The van der Waals surface area contributed by atoms with E-state index in [-0.39, 0.29) is 18.3 Å². The summed E-state index contributed by atoms with van der Waals surface area (Å²) in [5.74, 6) is 22.3. The van der Waals surface area contributed by atoms with Crippen molar-refractivity contribution in [3.63, 3.8) is 0 Å². The van der Waals surface area contributed by atoms with Gasteiger partial charge in [0.15, 0.2) is 0 Å². The van der Waals surface area contributed by atoms with Crippen LogP contribution in [0.4, 0.5) is 0 Å². The van der Waals surface area contributed by atoms with Crippen molar-refractivity contribution in [2.75, 3.05) is 5.33 Å². The lowest BCUT2D eigenvalue weighted by Crippen LogP contribution is -2.51. The van der Waals surface area contributed by atoms with Crippen LogP contribution in [0, 0.1) is 53.3 Å². The van der Waals surface area contributed by atoms with E-state index in [1.54, 1.807) is 0 Å². The molecule has 0 rings (SSSR count). The van der Waals surface area contributed by atoms with Gasteiger partial charge in [-0.2, -0.15) is 0 Å². The molecule has 0 saturated carbocycles. The summed E-state index contributed by atoms with van der Waals surface area (Å²) in [4.78, 5) is 0. The van der Waals surface area contributed by atoms with Gasteiger partial charge in [0.25, 0.3) is 0 Å². The van der Waals surface area contributed by atoms with Crippen LogP contribution in [-0.2, 0) is 13.3 Å². The van der Waals surface area contributed by atoms with Crippen molar-refractivity contribution < 1.29 is 13.3 Å². The second kappa shape index (κ2) is 28.5. The minimum Gasteiger partial charge on any atom is -0.371 e. The molecule has 0 aromatic rings. The maximum Gasteiger partial charge on any atom is 0.501 e. The molecule has 0 spiro atoms. The molecule has 0 N–H and O–H groups in total. The zero-order valence-corrected chi connectivity index (χ0v) is 32.9. The summed E-state index contributed by atoms with van der Waals surface area (Å²) in [6.07, 6.45) is 16.4. The quantitative estimate of drug-likeness (QED) is 0.0436. The van der Waals surface area contributed by atoms with Gasteiger partial charge in [0.2, 0.25) is 0 Å². The first-order chi connectivity index (χ1) is 21.0. The van der Waals surface area contributed by atoms with Crippen molar-refractivity contribution in [2.45, 2.75) is 189 Å². The molecule has 3 nitrogen and oxygen atoms in total. The first-order valence-electron chi connectivity index (χ1n) is 18.0. The molecule has 44 heavy (non-hydrogen) atoms. The Balaban J connectivity index is 5.61. The highest BCUT2D eigenvalue weighted by molar-refractivity contribution is 9.09. The van der Waals surface area contributed by atoms with Crippen molar-refractivity contribution in [1.82, 2.24) is 0 Å². The summed E-state index contributed by atoms with van der Waals surface area (Å²) in [6, 6.07) is 0.856. The van der Waals surface area contributed by atoms with E-state index in [1.165, 1.54) is 12.8 Å². The van der Waals surface area contributed by atoms with Gasteiger partial charge in [-0.3, -0.25) is 0 Å². The van der Waals surface area contributed by atoms with Crippen LogP contribution in [0.5, 0.6) is 0 Å². The van der Waals surface area contributed by atoms with E-state index < -0.39 is 8.80 Å². The minimum absolute atomic E-state index is 0.0367. The van der Waals surface area contributed by atoms with E-state index in [9.17, 15) is 0 Å². The summed E-state index contributed by atoms with van der Waals surface area (Å²) in [5, 5.41) is 1.05. The molecule has 0 saturated heterocycles. The van der Waals surface area contributed by atoms with E-state index >= 15 is 0 Å². The molecule has 0 bridgehead atoms. The fourth-order valence-corrected chi connectivity index (χ4v) is 8.38. The predicted molar refractivity (Wildman–Crippen MR) is 198 cm³/mol. The third kappa shape index (κ3) is 27.6. The topological polar surface area (TPSA) is 27.7 Å². The van der Waals surface area contributed by atoms with Crippen molar-refractivity contribution in [3.8, 4) is 35.5 Å². The molecule has 5 heteroatoms. The van der Waals surface area contributed by atoms with Gasteiger partial charge in [-0.25, -0.2) is 0 Å². The normalized spacial score (nSPS) is 14.7. The molecule has 0 aliphatic heterocycles. The Kier molecular flexibility index (Phi) is 28.0. The molecular formula is C39H69BrO3Si. The lowest BCUT2D eigenvalue weighted by Gasteiger charge is -2.36. The lowest BCUT2D eigenvalue weighted by atomic mass is 10.1. The average Bonchev–Trinajstić information content (AvgIpc) is 2.93. The van der Waals surface area contributed by atoms with Gasteiger partial charge < -0.3 is 13.3 Å². The molecule has 0 aliphatic rings. The van der Waals surface area contributed by atoms with Gasteiger partial charge in [0, 0.05) is 68.2 Å². The fourth-order valence-electron chi connectivity index (χ4n) is 4.59. The van der Waals surface area contributed by atoms with E-state index in [2.05, 4.69) is 114 Å². The van der Waals surface area contributed by atoms with Crippen molar-refractivity contribution in [3.05, 3.63) is 0 Å². The number of unbranched alkanes of at least 4 members (excludes halogenated alkanes) is 3. The monoisotopic (exact) mass is 692 g/mol. The molecule has 0 heterocycles. The Morgan fingerprint density at radius 1 is 0.432 bits per heavy atom. The Morgan fingerprint density at radius 3 is 1.02 bits per heavy atom. The average molecular weight is 694 g/mol. The molecule has 0 aromatic carbocycles. The third-order valence-corrected chi connectivity index (χ3v) is 11.3. The van der Waals surface area contributed by atoms with Crippen LogP contribution in [0.1, 0.15) is 165 Å².